The highest BCUT2D eigenvalue weighted by molar-refractivity contribution is 6.11. The zero-order valence-electron chi connectivity index (χ0n) is 8.25. The van der Waals surface area contributed by atoms with Crippen LogP contribution in [0, 0.1) is 5.41 Å². The summed E-state index contributed by atoms with van der Waals surface area (Å²) in [5, 5.41) is 10.2. The summed E-state index contributed by atoms with van der Waals surface area (Å²) in [6.07, 6.45) is 8.23. The Morgan fingerprint density at radius 2 is 2.00 bits per heavy atom. The maximum atomic E-state index is 10.5. The molecule has 4 N–H and O–H groups in total. The first-order valence-corrected chi connectivity index (χ1v) is 5.00. The number of hydrogen-bond acceptors (Lipinski definition) is 3. The average Bonchev–Trinajstić information content (AvgIpc) is 2.20. The van der Waals surface area contributed by atoms with E-state index in [1.165, 1.54) is 19.3 Å². The van der Waals surface area contributed by atoms with Crippen LogP contribution in [0.2, 0.25) is 0 Å². The number of carbonyl (C=O) groups excluding carboxylic acids is 1. The van der Waals surface area contributed by atoms with Crippen molar-refractivity contribution in [2.75, 3.05) is 0 Å². The second-order valence-electron chi connectivity index (χ2n) is 3.63. The molecule has 0 aromatic rings. The Balaban J connectivity index is 2.42. The molecule has 1 aliphatic rings. The van der Waals surface area contributed by atoms with E-state index in [2.05, 4.69) is 5.32 Å². The second kappa shape index (κ2) is 5.42. The molecule has 0 aromatic heterocycles. The van der Waals surface area contributed by atoms with Crippen LogP contribution < -0.4 is 11.1 Å². The average molecular weight is 195 g/mol. The van der Waals surface area contributed by atoms with Crippen LogP contribution in [-0.2, 0) is 4.79 Å². The third-order valence-corrected chi connectivity index (χ3v) is 2.52. The quantitative estimate of drug-likeness (QED) is 0.270. The normalized spacial score (nSPS) is 19.0. The van der Waals surface area contributed by atoms with Crippen molar-refractivity contribution in [1.29, 1.82) is 5.41 Å². The molecule has 0 unspecified atom stereocenters. The summed E-state index contributed by atoms with van der Waals surface area (Å²) in [7, 11) is 0. The van der Waals surface area contributed by atoms with Gasteiger partial charge in [-0.2, -0.15) is 0 Å². The molecular weight excluding hydrogens is 178 g/mol. The number of nitrogens with two attached hydrogens (primary N) is 1. The molecule has 1 rings (SSSR count). The topological polar surface area (TPSA) is 79.0 Å². The highest BCUT2D eigenvalue weighted by Crippen LogP contribution is 2.17. The standard InChI is InChI=1S/C10H17N3O/c11-10(12)8(7-14)6-13-9-4-2-1-3-5-9/h6-7,9,13H,1-5H2,(H3,11,12)/b8-6-. The predicted molar refractivity (Wildman–Crippen MR) is 56.1 cm³/mol. The Hall–Kier alpha value is -1.32. The van der Waals surface area contributed by atoms with Gasteiger partial charge in [-0.15, -0.1) is 0 Å². The van der Waals surface area contributed by atoms with Crippen LogP contribution in [-0.4, -0.2) is 18.2 Å². The van der Waals surface area contributed by atoms with Gasteiger partial charge in [0.05, 0.1) is 5.57 Å². The summed E-state index contributed by atoms with van der Waals surface area (Å²) < 4.78 is 0. The van der Waals surface area contributed by atoms with Crippen molar-refractivity contribution in [1.82, 2.24) is 5.32 Å². The van der Waals surface area contributed by atoms with E-state index in [0.717, 1.165) is 12.8 Å². The van der Waals surface area contributed by atoms with Crippen LogP contribution in [0.4, 0.5) is 0 Å². The van der Waals surface area contributed by atoms with Crippen molar-refractivity contribution >= 4 is 12.1 Å². The molecule has 1 aliphatic carbocycles. The number of hydrogen-bond donors (Lipinski definition) is 3. The number of aldehydes is 1. The molecule has 0 aromatic carbocycles. The summed E-state index contributed by atoms with van der Waals surface area (Å²) in [6, 6.07) is 0.443. The largest absolute Gasteiger partial charge is 0.387 e. The van der Waals surface area contributed by atoms with Crippen LogP contribution in [0.3, 0.4) is 0 Å². The first-order valence-electron chi connectivity index (χ1n) is 5.00. The van der Waals surface area contributed by atoms with E-state index < -0.39 is 0 Å². The molecule has 0 aliphatic heterocycles. The van der Waals surface area contributed by atoms with Gasteiger partial charge in [-0.3, -0.25) is 10.2 Å². The maximum Gasteiger partial charge on any atom is 0.155 e. The Kier molecular flexibility index (Phi) is 4.16. The van der Waals surface area contributed by atoms with Crippen LogP contribution in [0.5, 0.6) is 0 Å². The summed E-state index contributed by atoms with van der Waals surface area (Å²) in [5.74, 6) is -0.177. The number of nitrogens with one attached hydrogen (secondary N) is 2. The SMILES string of the molecule is N=C(N)/C(C=O)=C\NC1CCCCC1. The van der Waals surface area contributed by atoms with E-state index in [1.54, 1.807) is 6.20 Å². The summed E-state index contributed by atoms with van der Waals surface area (Å²) in [5.41, 5.74) is 5.44. The van der Waals surface area contributed by atoms with Gasteiger partial charge in [0.25, 0.3) is 0 Å². The van der Waals surface area contributed by atoms with Gasteiger partial charge in [0.1, 0.15) is 5.84 Å². The Morgan fingerprint density at radius 1 is 1.36 bits per heavy atom. The molecule has 0 bridgehead atoms. The smallest absolute Gasteiger partial charge is 0.155 e. The lowest BCUT2D eigenvalue weighted by Gasteiger charge is -2.21. The molecule has 4 nitrogen and oxygen atoms in total. The fourth-order valence-electron chi connectivity index (χ4n) is 1.65. The molecule has 0 radical (unpaired) electrons. The lowest BCUT2D eigenvalue weighted by molar-refractivity contribution is -0.104. The van der Waals surface area contributed by atoms with E-state index in [-0.39, 0.29) is 11.4 Å². The maximum absolute atomic E-state index is 10.5. The van der Waals surface area contributed by atoms with Gasteiger partial charge in [0.15, 0.2) is 6.29 Å². The number of rotatable bonds is 4. The molecular formula is C10H17N3O. The minimum atomic E-state index is -0.177. The third-order valence-electron chi connectivity index (χ3n) is 2.52. The van der Waals surface area contributed by atoms with Crippen molar-refractivity contribution in [3.8, 4) is 0 Å². The van der Waals surface area contributed by atoms with Crippen LogP contribution >= 0.6 is 0 Å². The molecule has 0 spiro atoms. The summed E-state index contributed by atoms with van der Waals surface area (Å²) >= 11 is 0. The van der Waals surface area contributed by atoms with Gasteiger partial charge in [-0.1, -0.05) is 19.3 Å². The van der Waals surface area contributed by atoms with Crippen molar-refractivity contribution in [3.63, 3.8) is 0 Å². The van der Waals surface area contributed by atoms with Crippen molar-refractivity contribution in [2.24, 2.45) is 5.73 Å². The lowest BCUT2D eigenvalue weighted by atomic mass is 9.96. The molecule has 78 valence electrons. The molecule has 1 fully saturated rings. The van der Waals surface area contributed by atoms with Gasteiger partial charge in [0, 0.05) is 12.2 Å². The molecule has 0 heterocycles. The third kappa shape index (κ3) is 3.20. The van der Waals surface area contributed by atoms with E-state index in [4.69, 9.17) is 11.1 Å². The van der Waals surface area contributed by atoms with Crippen molar-refractivity contribution < 1.29 is 4.79 Å². The monoisotopic (exact) mass is 195 g/mol. The van der Waals surface area contributed by atoms with Gasteiger partial charge < -0.3 is 11.1 Å². The lowest BCUT2D eigenvalue weighted by Crippen LogP contribution is -2.28. The van der Waals surface area contributed by atoms with Crippen LogP contribution in [0.1, 0.15) is 32.1 Å². The van der Waals surface area contributed by atoms with Gasteiger partial charge in [-0.05, 0) is 12.8 Å². The molecule has 14 heavy (non-hydrogen) atoms. The zero-order chi connectivity index (χ0) is 10.4. The Labute approximate surface area is 84.1 Å². The zero-order valence-corrected chi connectivity index (χ0v) is 8.25. The van der Waals surface area contributed by atoms with E-state index in [9.17, 15) is 4.79 Å². The Morgan fingerprint density at radius 3 is 2.50 bits per heavy atom. The van der Waals surface area contributed by atoms with Gasteiger partial charge in [-0.25, -0.2) is 0 Å². The highest BCUT2D eigenvalue weighted by atomic mass is 16.1. The van der Waals surface area contributed by atoms with Crippen molar-refractivity contribution in [3.05, 3.63) is 11.8 Å². The molecule has 0 amide bonds. The molecule has 1 saturated carbocycles. The van der Waals surface area contributed by atoms with Gasteiger partial charge in [0.2, 0.25) is 0 Å². The second-order valence-corrected chi connectivity index (χ2v) is 3.63. The van der Waals surface area contributed by atoms with Crippen LogP contribution in [0.25, 0.3) is 0 Å². The minimum Gasteiger partial charge on any atom is -0.387 e. The van der Waals surface area contributed by atoms with E-state index in [0.29, 0.717) is 12.3 Å². The van der Waals surface area contributed by atoms with Crippen LogP contribution in [0.15, 0.2) is 11.8 Å². The number of carbonyl (C=O) groups is 1. The van der Waals surface area contributed by atoms with E-state index >= 15 is 0 Å². The fraction of sp³-hybridized carbons (Fsp3) is 0.600. The molecule has 4 heteroatoms. The first-order chi connectivity index (χ1) is 6.74. The highest BCUT2D eigenvalue weighted by Gasteiger charge is 2.11. The van der Waals surface area contributed by atoms with E-state index in [1.807, 2.05) is 0 Å². The first kappa shape index (κ1) is 10.8. The summed E-state index contributed by atoms with van der Waals surface area (Å²) in [6.45, 7) is 0. The predicted octanol–water partition coefficient (Wildman–Crippen LogP) is 0.927. The molecule has 0 saturated heterocycles. The minimum absolute atomic E-state index is 0.177. The Bertz CT molecular complexity index is 242. The molecule has 0 atom stereocenters. The summed E-state index contributed by atoms with van der Waals surface area (Å²) in [4.78, 5) is 10.5. The van der Waals surface area contributed by atoms with Gasteiger partial charge >= 0.3 is 0 Å². The van der Waals surface area contributed by atoms with Crippen molar-refractivity contribution in [2.45, 2.75) is 38.1 Å². The fourth-order valence-corrected chi connectivity index (χ4v) is 1.65. The number of amidine groups is 1.